The van der Waals surface area contributed by atoms with Gasteiger partial charge in [-0.2, -0.15) is 17.0 Å². The van der Waals surface area contributed by atoms with Crippen molar-refractivity contribution in [2.45, 2.75) is 17.7 Å². The maximum atomic E-state index is 13.2. The zero-order chi connectivity index (χ0) is 14.6. The largest absolute Gasteiger partial charge is 0.240 e. The first-order valence-corrected chi connectivity index (χ1v) is 8.94. The average Bonchev–Trinajstić information content (AvgIpc) is 2.46. The van der Waals surface area contributed by atoms with Crippen molar-refractivity contribution in [3.05, 3.63) is 29.6 Å². The molecule has 1 aliphatic heterocycles. The quantitative estimate of drug-likeness (QED) is 0.924. The molecule has 20 heavy (non-hydrogen) atoms. The van der Waals surface area contributed by atoms with E-state index >= 15 is 0 Å². The number of nitrogens with one attached hydrogen (secondary N) is 1. The standard InChI is InChI=1S/C13H15FN2O2S2/c14-13-2-1-12(7-11(13)8-15)20(17,18)16-9-10-3-5-19-6-4-10/h1-2,7,10,16H,3-6,9H2. The molecular weight excluding hydrogens is 299 g/mol. The molecule has 1 fully saturated rings. The van der Waals surface area contributed by atoms with Crippen molar-refractivity contribution in [1.82, 2.24) is 4.72 Å². The van der Waals surface area contributed by atoms with Crippen LogP contribution < -0.4 is 4.72 Å². The first kappa shape index (κ1) is 15.3. The van der Waals surface area contributed by atoms with Gasteiger partial charge in [0.15, 0.2) is 0 Å². The molecule has 4 nitrogen and oxygen atoms in total. The highest BCUT2D eigenvalue weighted by atomic mass is 32.2. The minimum Gasteiger partial charge on any atom is -0.211 e. The third kappa shape index (κ3) is 3.72. The Kier molecular flexibility index (Phi) is 5.02. The van der Waals surface area contributed by atoms with Crippen molar-refractivity contribution in [1.29, 1.82) is 5.26 Å². The molecule has 0 unspecified atom stereocenters. The Labute approximate surface area is 122 Å². The summed E-state index contributed by atoms with van der Waals surface area (Å²) in [6, 6.07) is 4.89. The van der Waals surface area contributed by atoms with Crippen molar-refractivity contribution in [2.75, 3.05) is 18.1 Å². The molecule has 1 saturated heterocycles. The summed E-state index contributed by atoms with van der Waals surface area (Å²) < 4.78 is 40.0. The zero-order valence-electron chi connectivity index (χ0n) is 10.8. The SMILES string of the molecule is N#Cc1cc(S(=O)(=O)NCC2CCSCC2)ccc1F. The number of hydrogen-bond acceptors (Lipinski definition) is 4. The molecule has 0 bridgehead atoms. The van der Waals surface area contributed by atoms with Gasteiger partial charge in [0, 0.05) is 6.54 Å². The molecule has 7 heteroatoms. The smallest absolute Gasteiger partial charge is 0.211 e. The number of sulfonamides is 1. The number of rotatable bonds is 4. The van der Waals surface area contributed by atoms with Crippen LogP contribution in [0, 0.1) is 23.1 Å². The van der Waals surface area contributed by atoms with Crippen LogP contribution in [0.25, 0.3) is 0 Å². The Morgan fingerprint density at radius 2 is 2.10 bits per heavy atom. The van der Waals surface area contributed by atoms with E-state index in [0.717, 1.165) is 36.5 Å². The lowest BCUT2D eigenvalue weighted by atomic mass is 10.0. The van der Waals surface area contributed by atoms with E-state index in [1.54, 1.807) is 6.07 Å². The lowest BCUT2D eigenvalue weighted by Gasteiger charge is -2.21. The van der Waals surface area contributed by atoms with E-state index in [0.29, 0.717) is 12.5 Å². The van der Waals surface area contributed by atoms with Gasteiger partial charge in [-0.25, -0.2) is 17.5 Å². The highest BCUT2D eigenvalue weighted by Gasteiger charge is 2.20. The average molecular weight is 314 g/mol. The molecule has 1 N–H and O–H groups in total. The molecule has 108 valence electrons. The molecule has 0 spiro atoms. The number of halogens is 1. The number of benzene rings is 1. The molecule has 0 saturated carbocycles. The molecular formula is C13H15FN2O2S2. The van der Waals surface area contributed by atoms with Crippen molar-refractivity contribution >= 4 is 21.8 Å². The number of nitrogens with zero attached hydrogens (tertiary/aromatic N) is 1. The van der Waals surface area contributed by atoms with Crippen LogP contribution in [0.1, 0.15) is 18.4 Å². The fourth-order valence-corrected chi connectivity index (χ4v) is 4.36. The van der Waals surface area contributed by atoms with E-state index in [2.05, 4.69) is 4.72 Å². The van der Waals surface area contributed by atoms with Crippen LogP contribution in [-0.4, -0.2) is 26.5 Å². The van der Waals surface area contributed by atoms with Gasteiger partial charge in [0.05, 0.1) is 10.5 Å². The fraction of sp³-hybridized carbons (Fsp3) is 0.462. The molecule has 0 atom stereocenters. The monoisotopic (exact) mass is 314 g/mol. The van der Waals surface area contributed by atoms with Gasteiger partial charge in [0.2, 0.25) is 10.0 Å². The van der Waals surface area contributed by atoms with Crippen LogP contribution in [0.4, 0.5) is 4.39 Å². The lowest BCUT2D eigenvalue weighted by molar-refractivity contribution is 0.476. The Morgan fingerprint density at radius 1 is 1.40 bits per heavy atom. The van der Waals surface area contributed by atoms with E-state index in [9.17, 15) is 12.8 Å². The normalized spacial score (nSPS) is 16.8. The van der Waals surface area contributed by atoms with E-state index in [-0.39, 0.29) is 10.5 Å². The fourth-order valence-electron chi connectivity index (χ4n) is 2.02. The van der Waals surface area contributed by atoms with Gasteiger partial charge < -0.3 is 0 Å². The zero-order valence-corrected chi connectivity index (χ0v) is 12.4. The maximum absolute atomic E-state index is 13.2. The van der Waals surface area contributed by atoms with Gasteiger partial charge in [0.25, 0.3) is 0 Å². The molecule has 1 heterocycles. The number of nitriles is 1. The minimum absolute atomic E-state index is 0.0689. The van der Waals surface area contributed by atoms with Gasteiger partial charge in [-0.1, -0.05) is 0 Å². The van der Waals surface area contributed by atoms with Crippen molar-refractivity contribution in [2.24, 2.45) is 5.92 Å². The molecule has 1 aromatic carbocycles. The number of thioether (sulfide) groups is 1. The lowest BCUT2D eigenvalue weighted by Crippen LogP contribution is -2.31. The second kappa shape index (κ2) is 6.57. The molecule has 0 aromatic heterocycles. The van der Waals surface area contributed by atoms with Crippen molar-refractivity contribution < 1.29 is 12.8 Å². The summed E-state index contributed by atoms with van der Waals surface area (Å²) >= 11 is 1.88. The second-order valence-electron chi connectivity index (χ2n) is 4.66. The second-order valence-corrected chi connectivity index (χ2v) is 7.65. The van der Waals surface area contributed by atoms with Crippen LogP contribution in [0.5, 0.6) is 0 Å². The molecule has 1 aromatic rings. The summed E-state index contributed by atoms with van der Waals surface area (Å²) in [6.45, 7) is 0.391. The minimum atomic E-state index is -3.68. The molecule has 0 radical (unpaired) electrons. The van der Waals surface area contributed by atoms with Crippen molar-refractivity contribution in [3.8, 4) is 6.07 Å². The van der Waals surface area contributed by atoms with Gasteiger partial charge in [-0.15, -0.1) is 0 Å². The number of hydrogen-bond donors (Lipinski definition) is 1. The van der Waals surface area contributed by atoms with E-state index in [1.807, 2.05) is 11.8 Å². The molecule has 1 aliphatic rings. The summed E-state index contributed by atoms with van der Waals surface area (Å²) in [5.74, 6) is 1.75. The van der Waals surface area contributed by atoms with Crippen LogP contribution >= 0.6 is 11.8 Å². The summed E-state index contributed by atoms with van der Waals surface area (Å²) in [6.07, 6.45) is 2.00. The highest BCUT2D eigenvalue weighted by Crippen LogP contribution is 2.22. The third-order valence-corrected chi connectivity index (χ3v) is 5.74. The Balaban J connectivity index is 2.08. The first-order valence-electron chi connectivity index (χ1n) is 6.30. The van der Waals surface area contributed by atoms with Crippen LogP contribution in [-0.2, 0) is 10.0 Å². The van der Waals surface area contributed by atoms with E-state index in [4.69, 9.17) is 5.26 Å². The molecule has 0 amide bonds. The predicted molar refractivity (Wildman–Crippen MR) is 76.4 cm³/mol. The van der Waals surface area contributed by atoms with Gasteiger partial charge in [0.1, 0.15) is 11.9 Å². The summed E-state index contributed by atoms with van der Waals surface area (Å²) in [7, 11) is -3.68. The first-order chi connectivity index (χ1) is 9.53. The van der Waals surface area contributed by atoms with Gasteiger partial charge >= 0.3 is 0 Å². The summed E-state index contributed by atoms with van der Waals surface area (Å²) in [4.78, 5) is -0.0689. The Bertz CT molecular complexity index is 620. The van der Waals surface area contributed by atoms with Gasteiger partial charge in [-0.3, -0.25) is 0 Å². The van der Waals surface area contributed by atoms with Crippen LogP contribution in [0.15, 0.2) is 23.1 Å². The predicted octanol–water partition coefficient (Wildman–Crippen LogP) is 2.12. The Hall–Kier alpha value is -1.10. The maximum Gasteiger partial charge on any atom is 0.240 e. The van der Waals surface area contributed by atoms with Crippen molar-refractivity contribution in [3.63, 3.8) is 0 Å². The van der Waals surface area contributed by atoms with Crippen LogP contribution in [0.2, 0.25) is 0 Å². The van der Waals surface area contributed by atoms with Crippen LogP contribution in [0.3, 0.4) is 0 Å². The van der Waals surface area contributed by atoms with E-state index < -0.39 is 15.8 Å². The molecule has 2 rings (SSSR count). The van der Waals surface area contributed by atoms with Gasteiger partial charge in [-0.05, 0) is 48.5 Å². The topological polar surface area (TPSA) is 70.0 Å². The third-order valence-electron chi connectivity index (χ3n) is 3.27. The molecule has 0 aliphatic carbocycles. The highest BCUT2D eigenvalue weighted by molar-refractivity contribution is 7.99. The van der Waals surface area contributed by atoms with E-state index in [1.165, 1.54) is 6.07 Å². The summed E-state index contributed by atoms with van der Waals surface area (Å²) in [5.41, 5.74) is -0.262. The Morgan fingerprint density at radius 3 is 2.75 bits per heavy atom. The summed E-state index contributed by atoms with van der Waals surface area (Å²) in [5, 5.41) is 8.73.